The van der Waals surface area contributed by atoms with Crippen LogP contribution >= 0.6 is 11.8 Å². The highest BCUT2D eigenvalue weighted by Gasteiger charge is 2.07. The van der Waals surface area contributed by atoms with Gasteiger partial charge in [-0.05, 0) is 32.4 Å². The Kier molecular flexibility index (Phi) is 7.38. The van der Waals surface area contributed by atoms with Gasteiger partial charge in [0.1, 0.15) is 5.78 Å². The third-order valence-electron chi connectivity index (χ3n) is 1.98. The van der Waals surface area contributed by atoms with E-state index in [0.717, 1.165) is 18.6 Å². The van der Waals surface area contributed by atoms with Crippen LogP contribution in [0.4, 0.5) is 0 Å². The fourth-order valence-corrected chi connectivity index (χ4v) is 1.91. The van der Waals surface area contributed by atoms with Crippen LogP contribution in [0.2, 0.25) is 0 Å². The summed E-state index contributed by atoms with van der Waals surface area (Å²) in [6.07, 6.45) is 2.51. The van der Waals surface area contributed by atoms with E-state index in [1.807, 2.05) is 13.8 Å². The van der Waals surface area contributed by atoms with Crippen molar-refractivity contribution in [3.05, 3.63) is 0 Å². The SMILES string of the molecule is CC(=O)CCCCSC(C)C(C)O. The zero-order chi connectivity index (χ0) is 10.3. The lowest BCUT2D eigenvalue weighted by Gasteiger charge is -2.13. The Morgan fingerprint density at radius 1 is 1.38 bits per heavy atom. The molecule has 0 rings (SSSR count). The van der Waals surface area contributed by atoms with Crippen molar-refractivity contribution in [3.63, 3.8) is 0 Å². The van der Waals surface area contributed by atoms with Crippen molar-refractivity contribution in [3.8, 4) is 0 Å². The molecule has 0 amide bonds. The first-order valence-electron chi connectivity index (χ1n) is 4.83. The number of unbranched alkanes of at least 4 members (excludes halogenated alkanes) is 1. The van der Waals surface area contributed by atoms with Gasteiger partial charge >= 0.3 is 0 Å². The van der Waals surface area contributed by atoms with E-state index in [2.05, 4.69) is 0 Å². The van der Waals surface area contributed by atoms with Gasteiger partial charge in [-0.1, -0.05) is 6.92 Å². The molecule has 0 heterocycles. The number of ketones is 1. The zero-order valence-electron chi connectivity index (χ0n) is 8.75. The molecule has 3 heteroatoms. The van der Waals surface area contributed by atoms with Crippen LogP contribution in [0.5, 0.6) is 0 Å². The lowest BCUT2D eigenvalue weighted by molar-refractivity contribution is -0.117. The molecule has 0 saturated carbocycles. The number of aliphatic hydroxyl groups is 1. The minimum atomic E-state index is -0.238. The number of Topliss-reactive ketones (excluding diaryl/α,β-unsaturated/α-hetero) is 1. The smallest absolute Gasteiger partial charge is 0.129 e. The summed E-state index contributed by atoms with van der Waals surface area (Å²) in [5, 5.41) is 9.49. The molecule has 0 aliphatic heterocycles. The van der Waals surface area contributed by atoms with Crippen LogP contribution in [-0.2, 0) is 4.79 Å². The molecule has 0 radical (unpaired) electrons. The van der Waals surface area contributed by atoms with Crippen molar-refractivity contribution in [2.24, 2.45) is 0 Å². The zero-order valence-corrected chi connectivity index (χ0v) is 9.56. The summed E-state index contributed by atoms with van der Waals surface area (Å²) in [5.74, 6) is 1.31. The fourth-order valence-electron chi connectivity index (χ4n) is 0.884. The van der Waals surface area contributed by atoms with Gasteiger partial charge in [-0.15, -0.1) is 0 Å². The van der Waals surface area contributed by atoms with E-state index in [4.69, 9.17) is 0 Å². The molecule has 13 heavy (non-hydrogen) atoms. The number of carbonyl (C=O) groups excluding carboxylic acids is 1. The average Bonchev–Trinajstić information content (AvgIpc) is 2.02. The molecule has 2 nitrogen and oxygen atoms in total. The molecular weight excluding hydrogens is 184 g/mol. The first-order chi connectivity index (χ1) is 6.04. The summed E-state index contributed by atoms with van der Waals surface area (Å²) in [4.78, 5) is 10.6. The van der Waals surface area contributed by atoms with Gasteiger partial charge in [0, 0.05) is 11.7 Å². The van der Waals surface area contributed by atoms with Gasteiger partial charge in [0.2, 0.25) is 0 Å². The molecule has 0 aliphatic rings. The number of thioether (sulfide) groups is 1. The van der Waals surface area contributed by atoms with Gasteiger partial charge in [-0.3, -0.25) is 0 Å². The second-order valence-corrected chi connectivity index (χ2v) is 4.96. The summed E-state index contributed by atoms with van der Waals surface area (Å²) in [6, 6.07) is 0. The summed E-state index contributed by atoms with van der Waals surface area (Å²) in [5.41, 5.74) is 0. The first kappa shape index (κ1) is 13.0. The molecule has 2 atom stereocenters. The molecule has 2 unspecified atom stereocenters. The molecule has 0 bridgehead atoms. The Hall–Kier alpha value is -0.0200. The van der Waals surface area contributed by atoms with Crippen LogP contribution in [0.1, 0.15) is 40.0 Å². The summed E-state index contributed by atoms with van der Waals surface area (Å²) >= 11 is 1.77. The maximum absolute atomic E-state index is 10.6. The van der Waals surface area contributed by atoms with Crippen molar-refractivity contribution < 1.29 is 9.90 Å². The van der Waals surface area contributed by atoms with E-state index in [0.29, 0.717) is 11.7 Å². The summed E-state index contributed by atoms with van der Waals surface area (Å²) in [6.45, 7) is 5.47. The molecule has 0 aromatic carbocycles. The second-order valence-electron chi connectivity index (χ2n) is 3.48. The molecule has 78 valence electrons. The van der Waals surface area contributed by atoms with Crippen LogP contribution in [0, 0.1) is 0 Å². The highest BCUT2D eigenvalue weighted by atomic mass is 32.2. The molecule has 0 aliphatic carbocycles. The van der Waals surface area contributed by atoms with E-state index in [1.165, 1.54) is 0 Å². The number of aliphatic hydroxyl groups excluding tert-OH is 1. The lowest BCUT2D eigenvalue weighted by atomic mass is 10.2. The number of hydrogen-bond acceptors (Lipinski definition) is 3. The first-order valence-corrected chi connectivity index (χ1v) is 5.88. The molecule has 0 saturated heterocycles. The predicted molar refractivity (Wildman–Crippen MR) is 58.1 cm³/mol. The standard InChI is InChI=1S/C10H20O2S/c1-8(11)6-4-5-7-13-10(3)9(2)12/h9-10,12H,4-7H2,1-3H3. The largest absolute Gasteiger partial charge is 0.392 e. The van der Waals surface area contributed by atoms with Crippen LogP contribution in [-0.4, -0.2) is 28.0 Å². The lowest BCUT2D eigenvalue weighted by Crippen LogP contribution is -2.15. The summed E-state index contributed by atoms with van der Waals surface area (Å²) < 4.78 is 0. The Morgan fingerprint density at radius 2 is 2.00 bits per heavy atom. The third kappa shape index (κ3) is 8.31. The van der Waals surface area contributed by atoms with Crippen molar-refractivity contribution in [1.29, 1.82) is 0 Å². The molecular formula is C10H20O2S. The highest BCUT2D eigenvalue weighted by Crippen LogP contribution is 2.16. The Labute approximate surface area is 85.1 Å². The minimum absolute atomic E-state index is 0.238. The maximum Gasteiger partial charge on any atom is 0.129 e. The van der Waals surface area contributed by atoms with Gasteiger partial charge in [-0.2, -0.15) is 11.8 Å². The summed E-state index contributed by atoms with van der Waals surface area (Å²) in [7, 11) is 0. The van der Waals surface area contributed by atoms with Crippen LogP contribution in [0.3, 0.4) is 0 Å². The van der Waals surface area contributed by atoms with E-state index in [1.54, 1.807) is 18.7 Å². The molecule has 0 spiro atoms. The van der Waals surface area contributed by atoms with Gasteiger partial charge in [0.05, 0.1) is 6.10 Å². The number of carbonyl (C=O) groups is 1. The average molecular weight is 204 g/mol. The second kappa shape index (κ2) is 7.39. The quantitative estimate of drug-likeness (QED) is 0.646. The highest BCUT2D eigenvalue weighted by molar-refractivity contribution is 7.99. The van der Waals surface area contributed by atoms with Crippen molar-refractivity contribution in [2.75, 3.05) is 5.75 Å². The van der Waals surface area contributed by atoms with Gasteiger partial charge in [0.25, 0.3) is 0 Å². The number of rotatable bonds is 7. The molecule has 0 aromatic rings. The normalized spacial score (nSPS) is 15.4. The van der Waals surface area contributed by atoms with Crippen molar-refractivity contribution in [1.82, 2.24) is 0 Å². The van der Waals surface area contributed by atoms with Crippen LogP contribution in [0.25, 0.3) is 0 Å². The van der Waals surface area contributed by atoms with Gasteiger partial charge < -0.3 is 9.90 Å². The maximum atomic E-state index is 10.6. The van der Waals surface area contributed by atoms with Crippen molar-refractivity contribution >= 4 is 17.5 Å². The molecule has 1 N–H and O–H groups in total. The molecule has 0 aromatic heterocycles. The Balaban J connectivity index is 3.21. The van der Waals surface area contributed by atoms with E-state index in [9.17, 15) is 9.90 Å². The molecule has 0 fully saturated rings. The third-order valence-corrected chi connectivity index (χ3v) is 3.43. The van der Waals surface area contributed by atoms with Crippen LogP contribution in [0.15, 0.2) is 0 Å². The van der Waals surface area contributed by atoms with Gasteiger partial charge in [-0.25, -0.2) is 0 Å². The van der Waals surface area contributed by atoms with E-state index < -0.39 is 0 Å². The van der Waals surface area contributed by atoms with Crippen molar-refractivity contribution in [2.45, 2.75) is 51.4 Å². The predicted octanol–water partition coefficient (Wildman–Crippen LogP) is 2.25. The Bertz CT molecular complexity index is 146. The van der Waals surface area contributed by atoms with E-state index >= 15 is 0 Å². The number of hydrogen-bond donors (Lipinski definition) is 1. The minimum Gasteiger partial charge on any atom is -0.392 e. The van der Waals surface area contributed by atoms with Crippen LogP contribution < -0.4 is 0 Å². The Morgan fingerprint density at radius 3 is 2.46 bits per heavy atom. The fraction of sp³-hybridized carbons (Fsp3) is 0.900. The van der Waals surface area contributed by atoms with Gasteiger partial charge in [0.15, 0.2) is 0 Å². The van der Waals surface area contributed by atoms with E-state index in [-0.39, 0.29) is 11.9 Å². The topological polar surface area (TPSA) is 37.3 Å². The monoisotopic (exact) mass is 204 g/mol.